The van der Waals surface area contributed by atoms with Crippen molar-refractivity contribution in [3.05, 3.63) is 15.8 Å². The summed E-state index contributed by atoms with van der Waals surface area (Å²) < 4.78 is 0. The molecule has 0 aliphatic heterocycles. The zero-order chi connectivity index (χ0) is 14.7. The second kappa shape index (κ2) is 6.00. The first-order valence-corrected chi connectivity index (χ1v) is 6.81. The molecule has 2 rings (SSSR count). The number of nitrogens with two attached hydrogens (primary N) is 1. The molecule has 1 fully saturated rings. The Morgan fingerprint density at radius 3 is 2.70 bits per heavy atom. The summed E-state index contributed by atoms with van der Waals surface area (Å²) in [7, 11) is 0. The average Bonchev–Trinajstić information content (AvgIpc) is 3.20. The van der Waals surface area contributed by atoms with Crippen molar-refractivity contribution in [2.45, 2.75) is 33.1 Å². The van der Waals surface area contributed by atoms with Crippen LogP contribution >= 0.6 is 0 Å². The number of nitrogen functional groups attached to an aromatic ring is 1. The molecule has 0 atom stereocenters. The Morgan fingerprint density at radius 1 is 1.50 bits per heavy atom. The van der Waals surface area contributed by atoms with Crippen molar-refractivity contribution in [2.75, 3.05) is 23.4 Å². The molecular weight excluding hydrogens is 260 g/mol. The molecule has 110 valence electrons. The summed E-state index contributed by atoms with van der Waals surface area (Å²) in [5, 5.41) is 11.3. The Morgan fingerprint density at radius 2 is 2.20 bits per heavy atom. The molecule has 1 heterocycles. The van der Waals surface area contributed by atoms with Gasteiger partial charge in [0.05, 0.1) is 4.92 Å². The molecule has 1 aromatic heterocycles. The Kier molecular flexibility index (Phi) is 4.33. The summed E-state index contributed by atoms with van der Waals surface area (Å²) in [6.07, 6.45) is 3.26. The smallest absolute Gasteiger partial charge is 0.332 e. The molecule has 8 nitrogen and oxygen atoms in total. The van der Waals surface area contributed by atoms with Crippen LogP contribution in [0.2, 0.25) is 0 Å². The van der Waals surface area contributed by atoms with E-state index < -0.39 is 4.92 Å². The number of nitrogens with one attached hydrogen (secondary N) is 1. The van der Waals surface area contributed by atoms with Gasteiger partial charge in [-0.15, -0.1) is 0 Å². The van der Waals surface area contributed by atoms with Crippen LogP contribution in [0.3, 0.4) is 0 Å². The van der Waals surface area contributed by atoms with Gasteiger partial charge in [-0.3, -0.25) is 15.5 Å². The van der Waals surface area contributed by atoms with Crippen molar-refractivity contribution >= 4 is 17.5 Å². The fourth-order valence-electron chi connectivity index (χ4n) is 2.22. The van der Waals surface area contributed by atoms with E-state index in [-0.39, 0.29) is 11.6 Å². The van der Waals surface area contributed by atoms with Gasteiger partial charge in [0.1, 0.15) is 5.69 Å². The Balaban J connectivity index is 2.42. The molecule has 0 radical (unpaired) electrons. The second-order valence-corrected chi connectivity index (χ2v) is 5.10. The van der Waals surface area contributed by atoms with E-state index in [1.807, 2.05) is 11.8 Å². The molecule has 0 spiro atoms. The summed E-state index contributed by atoms with van der Waals surface area (Å²) >= 11 is 0. The fourth-order valence-corrected chi connectivity index (χ4v) is 2.22. The van der Waals surface area contributed by atoms with Crippen LogP contribution in [0.15, 0.2) is 0 Å². The van der Waals surface area contributed by atoms with Crippen molar-refractivity contribution in [1.82, 2.24) is 9.97 Å². The van der Waals surface area contributed by atoms with Gasteiger partial charge in [0.2, 0.25) is 11.8 Å². The van der Waals surface area contributed by atoms with E-state index in [1.165, 1.54) is 12.8 Å². The summed E-state index contributed by atoms with van der Waals surface area (Å²) in [6.45, 7) is 5.18. The maximum Gasteiger partial charge on any atom is 0.332 e. The van der Waals surface area contributed by atoms with Crippen LogP contribution < -0.4 is 16.2 Å². The van der Waals surface area contributed by atoms with E-state index in [0.29, 0.717) is 17.4 Å². The number of hydrazine groups is 1. The first-order valence-electron chi connectivity index (χ1n) is 6.81. The first-order chi connectivity index (χ1) is 9.56. The standard InChI is InChI=1S/C12H20N6O2/c1-3-6-17(7-9-4-5-9)11-10(18(19)20)8(2)14-12(15-11)16-13/h9H,3-7,13H2,1-2H3,(H,14,15,16). The predicted octanol–water partition coefficient (Wildman–Crippen LogP) is 1.61. The number of aromatic nitrogens is 2. The average molecular weight is 280 g/mol. The monoisotopic (exact) mass is 280 g/mol. The Bertz CT molecular complexity index is 503. The highest BCUT2D eigenvalue weighted by Crippen LogP contribution is 2.35. The largest absolute Gasteiger partial charge is 0.350 e. The van der Waals surface area contributed by atoms with Crippen LogP contribution in [0.25, 0.3) is 0 Å². The predicted molar refractivity (Wildman–Crippen MR) is 76.5 cm³/mol. The molecule has 1 aromatic rings. The summed E-state index contributed by atoms with van der Waals surface area (Å²) in [5.41, 5.74) is 2.66. The van der Waals surface area contributed by atoms with Gasteiger partial charge < -0.3 is 4.90 Å². The highest BCUT2D eigenvalue weighted by Gasteiger charge is 2.30. The minimum atomic E-state index is -0.416. The summed E-state index contributed by atoms with van der Waals surface area (Å²) in [4.78, 5) is 21.1. The fraction of sp³-hybridized carbons (Fsp3) is 0.667. The lowest BCUT2D eigenvalue weighted by Crippen LogP contribution is -2.29. The number of nitrogens with zero attached hydrogens (tertiary/aromatic N) is 4. The van der Waals surface area contributed by atoms with E-state index in [0.717, 1.165) is 19.5 Å². The minimum Gasteiger partial charge on any atom is -0.350 e. The number of hydrogen-bond acceptors (Lipinski definition) is 7. The minimum absolute atomic E-state index is 0.0295. The zero-order valence-corrected chi connectivity index (χ0v) is 11.8. The number of hydrogen-bond donors (Lipinski definition) is 2. The van der Waals surface area contributed by atoms with Crippen LogP contribution in [0.1, 0.15) is 31.9 Å². The molecule has 0 bridgehead atoms. The van der Waals surface area contributed by atoms with Gasteiger partial charge in [0, 0.05) is 13.1 Å². The highest BCUT2D eigenvalue weighted by atomic mass is 16.6. The molecular formula is C12H20N6O2. The van der Waals surface area contributed by atoms with Gasteiger partial charge in [-0.2, -0.15) is 4.98 Å². The maximum atomic E-state index is 11.3. The third-order valence-electron chi connectivity index (χ3n) is 3.32. The van der Waals surface area contributed by atoms with E-state index in [9.17, 15) is 10.1 Å². The molecule has 0 amide bonds. The van der Waals surface area contributed by atoms with Gasteiger partial charge in [0.15, 0.2) is 0 Å². The van der Waals surface area contributed by atoms with E-state index in [4.69, 9.17) is 5.84 Å². The highest BCUT2D eigenvalue weighted by molar-refractivity contribution is 5.62. The molecule has 8 heteroatoms. The van der Waals surface area contributed by atoms with Gasteiger partial charge in [-0.05, 0) is 32.1 Å². The van der Waals surface area contributed by atoms with Gasteiger partial charge in [0.25, 0.3) is 0 Å². The Labute approximate surface area is 117 Å². The molecule has 1 aliphatic carbocycles. The van der Waals surface area contributed by atoms with E-state index >= 15 is 0 Å². The molecule has 3 N–H and O–H groups in total. The SMILES string of the molecule is CCCN(CC1CC1)c1nc(NN)nc(C)c1[N+](=O)[O-]. The van der Waals surface area contributed by atoms with E-state index in [2.05, 4.69) is 15.4 Å². The third kappa shape index (κ3) is 3.13. The first kappa shape index (κ1) is 14.4. The van der Waals surface area contributed by atoms with Crippen LogP contribution in [0.4, 0.5) is 17.5 Å². The molecule has 0 aromatic carbocycles. The summed E-state index contributed by atoms with van der Waals surface area (Å²) in [5.74, 6) is 6.53. The van der Waals surface area contributed by atoms with Crippen molar-refractivity contribution < 1.29 is 4.92 Å². The zero-order valence-electron chi connectivity index (χ0n) is 11.8. The van der Waals surface area contributed by atoms with Gasteiger partial charge in [-0.25, -0.2) is 10.8 Å². The topological polar surface area (TPSA) is 110 Å². The second-order valence-electron chi connectivity index (χ2n) is 5.10. The number of nitro groups is 1. The van der Waals surface area contributed by atoms with E-state index in [1.54, 1.807) is 6.92 Å². The molecule has 20 heavy (non-hydrogen) atoms. The van der Waals surface area contributed by atoms with Gasteiger partial charge >= 0.3 is 5.69 Å². The molecule has 0 saturated heterocycles. The lowest BCUT2D eigenvalue weighted by Gasteiger charge is -2.23. The van der Waals surface area contributed by atoms with Crippen molar-refractivity contribution in [2.24, 2.45) is 11.8 Å². The van der Waals surface area contributed by atoms with Crippen LogP contribution in [-0.2, 0) is 0 Å². The molecule has 1 aliphatic rings. The molecule has 1 saturated carbocycles. The normalized spacial score (nSPS) is 14.2. The van der Waals surface area contributed by atoms with Crippen molar-refractivity contribution in [3.63, 3.8) is 0 Å². The van der Waals surface area contributed by atoms with Crippen LogP contribution in [0.5, 0.6) is 0 Å². The number of anilines is 2. The third-order valence-corrected chi connectivity index (χ3v) is 3.32. The lowest BCUT2D eigenvalue weighted by molar-refractivity contribution is -0.385. The maximum absolute atomic E-state index is 11.3. The summed E-state index contributed by atoms with van der Waals surface area (Å²) in [6, 6.07) is 0. The van der Waals surface area contributed by atoms with Crippen molar-refractivity contribution in [1.29, 1.82) is 0 Å². The molecule has 0 unspecified atom stereocenters. The number of aryl methyl sites for hydroxylation is 1. The van der Waals surface area contributed by atoms with Crippen molar-refractivity contribution in [3.8, 4) is 0 Å². The number of rotatable bonds is 7. The van der Waals surface area contributed by atoms with Crippen LogP contribution in [-0.4, -0.2) is 28.0 Å². The lowest BCUT2D eigenvalue weighted by atomic mass is 10.2. The van der Waals surface area contributed by atoms with Crippen LogP contribution in [0, 0.1) is 23.0 Å². The quantitative estimate of drug-likeness (QED) is 0.443. The van der Waals surface area contributed by atoms with Gasteiger partial charge in [-0.1, -0.05) is 6.92 Å². The Hall–Kier alpha value is -1.96.